The second kappa shape index (κ2) is 7.52. The average molecular weight is 338 g/mol. The van der Waals surface area contributed by atoms with Gasteiger partial charge < -0.3 is 10.1 Å². The van der Waals surface area contributed by atoms with E-state index in [1.807, 2.05) is 44.2 Å². The molecule has 0 aliphatic carbocycles. The minimum Gasteiger partial charge on any atom is -0.484 e. The summed E-state index contributed by atoms with van der Waals surface area (Å²) in [6.07, 6.45) is 0. The largest absolute Gasteiger partial charge is 0.484 e. The summed E-state index contributed by atoms with van der Waals surface area (Å²) < 4.78 is 5.44. The van der Waals surface area contributed by atoms with Crippen molar-refractivity contribution >= 4 is 29.1 Å². The van der Waals surface area contributed by atoms with Crippen LogP contribution in [0.3, 0.4) is 0 Å². The van der Waals surface area contributed by atoms with Crippen LogP contribution in [0, 0.1) is 6.92 Å². The van der Waals surface area contributed by atoms with Crippen LogP contribution in [0.2, 0.25) is 10.0 Å². The van der Waals surface area contributed by atoms with Crippen molar-refractivity contribution in [2.75, 3.05) is 6.61 Å². The van der Waals surface area contributed by atoms with Crippen molar-refractivity contribution in [1.82, 2.24) is 5.32 Å². The summed E-state index contributed by atoms with van der Waals surface area (Å²) in [7, 11) is 0. The van der Waals surface area contributed by atoms with Gasteiger partial charge in [-0.15, -0.1) is 0 Å². The number of carbonyl (C=O) groups is 1. The molecule has 0 spiro atoms. The van der Waals surface area contributed by atoms with Gasteiger partial charge in [0, 0.05) is 0 Å². The fraction of sp³-hybridized carbons (Fsp3) is 0.235. The Morgan fingerprint density at radius 3 is 2.45 bits per heavy atom. The van der Waals surface area contributed by atoms with Crippen LogP contribution in [0.25, 0.3) is 0 Å². The van der Waals surface area contributed by atoms with E-state index in [1.54, 1.807) is 12.1 Å². The van der Waals surface area contributed by atoms with Gasteiger partial charge in [0.25, 0.3) is 5.91 Å². The van der Waals surface area contributed by atoms with Gasteiger partial charge in [-0.2, -0.15) is 0 Å². The smallest absolute Gasteiger partial charge is 0.258 e. The van der Waals surface area contributed by atoms with E-state index in [0.717, 1.165) is 11.1 Å². The first-order valence-corrected chi connectivity index (χ1v) is 7.65. The molecule has 0 heterocycles. The van der Waals surface area contributed by atoms with Crippen LogP contribution in [-0.2, 0) is 4.79 Å². The van der Waals surface area contributed by atoms with E-state index < -0.39 is 0 Å². The van der Waals surface area contributed by atoms with Crippen LogP contribution in [0.1, 0.15) is 24.1 Å². The van der Waals surface area contributed by atoms with Crippen LogP contribution >= 0.6 is 23.2 Å². The minimum atomic E-state index is -0.195. The fourth-order valence-electron chi connectivity index (χ4n) is 1.93. The topological polar surface area (TPSA) is 38.3 Å². The number of aryl methyl sites for hydroxylation is 1. The highest BCUT2D eigenvalue weighted by atomic mass is 35.5. The van der Waals surface area contributed by atoms with Gasteiger partial charge in [0.1, 0.15) is 5.75 Å². The van der Waals surface area contributed by atoms with Crippen molar-refractivity contribution in [3.8, 4) is 5.75 Å². The second-order valence-corrected chi connectivity index (χ2v) is 5.88. The van der Waals surface area contributed by atoms with Crippen LogP contribution in [-0.4, -0.2) is 12.5 Å². The number of rotatable bonds is 5. The van der Waals surface area contributed by atoms with E-state index in [2.05, 4.69) is 5.32 Å². The summed E-state index contributed by atoms with van der Waals surface area (Å²) in [4.78, 5) is 11.9. The molecule has 116 valence electrons. The molecule has 1 amide bonds. The fourth-order valence-corrected chi connectivity index (χ4v) is 2.24. The maximum absolute atomic E-state index is 11.9. The van der Waals surface area contributed by atoms with Gasteiger partial charge >= 0.3 is 0 Å². The van der Waals surface area contributed by atoms with Gasteiger partial charge in [-0.25, -0.2) is 0 Å². The molecule has 2 aromatic rings. The highest BCUT2D eigenvalue weighted by molar-refractivity contribution is 6.42. The Bertz CT molecular complexity index is 656. The summed E-state index contributed by atoms with van der Waals surface area (Å²) in [5, 5.41) is 3.82. The molecule has 1 unspecified atom stereocenters. The monoisotopic (exact) mass is 337 g/mol. The van der Waals surface area contributed by atoms with Crippen molar-refractivity contribution in [1.29, 1.82) is 0 Å². The summed E-state index contributed by atoms with van der Waals surface area (Å²) in [5.74, 6) is 0.474. The van der Waals surface area contributed by atoms with Crippen molar-refractivity contribution < 1.29 is 9.53 Å². The number of hydrogen-bond acceptors (Lipinski definition) is 2. The van der Waals surface area contributed by atoms with E-state index >= 15 is 0 Å². The Kier molecular flexibility index (Phi) is 5.69. The normalized spacial score (nSPS) is 11.8. The molecule has 1 atom stereocenters. The lowest BCUT2D eigenvalue weighted by Gasteiger charge is -2.15. The van der Waals surface area contributed by atoms with Crippen LogP contribution in [0.5, 0.6) is 5.75 Å². The Labute approximate surface area is 140 Å². The molecule has 0 fully saturated rings. The third kappa shape index (κ3) is 4.65. The first-order chi connectivity index (χ1) is 10.5. The maximum Gasteiger partial charge on any atom is 0.258 e. The molecule has 0 saturated carbocycles. The molecular weight excluding hydrogens is 321 g/mol. The molecule has 0 saturated heterocycles. The second-order valence-electron chi connectivity index (χ2n) is 5.06. The number of ether oxygens (including phenoxy) is 1. The lowest BCUT2D eigenvalue weighted by atomic mass is 10.1. The average Bonchev–Trinajstić information content (AvgIpc) is 2.49. The van der Waals surface area contributed by atoms with Gasteiger partial charge in [0.2, 0.25) is 0 Å². The van der Waals surface area contributed by atoms with E-state index in [4.69, 9.17) is 27.9 Å². The Balaban J connectivity index is 1.88. The predicted octanol–water partition coefficient (Wildman–Crippen LogP) is 4.56. The number of amides is 1. The third-order valence-electron chi connectivity index (χ3n) is 3.21. The molecule has 0 radical (unpaired) electrons. The SMILES string of the molecule is Cc1ccc(OCC(=O)NC(C)c2ccc(Cl)c(Cl)c2)cc1. The molecular formula is C17H17Cl2NO2. The molecule has 0 aromatic heterocycles. The van der Waals surface area contributed by atoms with Gasteiger partial charge in [0.15, 0.2) is 6.61 Å². The number of halogens is 2. The molecule has 0 aliphatic rings. The minimum absolute atomic E-state index is 0.0330. The lowest BCUT2D eigenvalue weighted by molar-refractivity contribution is -0.123. The summed E-state index contributed by atoms with van der Waals surface area (Å²) in [5.41, 5.74) is 2.03. The first-order valence-electron chi connectivity index (χ1n) is 6.89. The molecule has 22 heavy (non-hydrogen) atoms. The van der Waals surface area contributed by atoms with Crippen LogP contribution < -0.4 is 10.1 Å². The Morgan fingerprint density at radius 2 is 1.82 bits per heavy atom. The highest BCUT2D eigenvalue weighted by Crippen LogP contribution is 2.25. The van der Waals surface area contributed by atoms with Crippen LogP contribution in [0.15, 0.2) is 42.5 Å². The zero-order valence-electron chi connectivity index (χ0n) is 12.4. The van der Waals surface area contributed by atoms with E-state index in [9.17, 15) is 4.79 Å². The van der Waals surface area contributed by atoms with Crippen LogP contribution in [0.4, 0.5) is 0 Å². The van der Waals surface area contributed by atoms with Crippen molar-refractivity contribution in [2.45, 2.75) is 19.9 Å². The third-order valence-corrected chi connectivity index (χ3v) is 3.95. The van der Waals surface area contributed by atoms with Gasteiger partial charge in [0.05, 0.1) is 16.1 Å². The standard InChI is InChI=1S/C17H17Cl2NO2/c1-11-3-6-14(7-4-11)22-10-17(21)20-12(2)13-5-8-15(18)16(19)9-13/h3-9,12H,10H2,1-2H3,(H,20,21). The molecule has 5 heteroatoms. The molecule has 2 rings (SSSR count). The zero-order chi connectivity index (χ0) is 16.1. The van der Waals surface area contributed by atoms with Crippen molar-refractivity contribution in [3.05, 3.63) is 63.6 Å². The number of carbonyl (C=O) groups excluding carboxylic acids is 1. The van der Waals surface area contributed by atoms with Crippen molar-refractivity contribution in [3.63, 3.8) is 0 Å². The summed E-state index contributed by atoms with van der Waals surface area (Å²) >= 11 is 11.9. The number of benzene rings is 2. The quantitative estimate of drug-likeness (QED) is 0.868. The van der Waals surface area contributed by atoms with E-state index in [1.165, 1.54) is 0 Å². The Morgan fingerprint density at radius 1 is 1.14 bits per heavy atom. The van der Waals surface area contributed by atoms with Gasteiger partial charge in [-0.1, -0.05) is 47.0 Å². The molecule has 0 aliphatic heterocycles. The van der Waals surface area contributed by atoms with E-state index in [0.29, 0.717) is 15.8 Å². The van der Waals surface area contributed by atoms with Gasteiger partial charge in [-0.05, 0) is 43.7 Å². The summed E-state index contributed by atoms with van der Waals surface area (Å²) in [6.45, 7) is 3.84. The Hall–Kier alpha value is -1.71. The van der Waals surface area contributed by atoms with Gasteiger partial charge in [-0.3, -0.25) is 4.79 Å². The molecule has 0 bridgehead atoms. The predicted molar refractivity (Wildman–Crippen MR) is 89.7 cm³/mol. The number of hydrogen-bond donors (Lipinski definition) is 1. The molecule has 1 N–H and O–H groups in total. The zero-order valence-corrected chi connectivity index (χ0v) is 13.9. The lowest BCUT2D eigenvalue weighted by Crippen LogP contribution is -2.31. The van der Waals surface area contributed by atoms with Crippen molar-refractivity contribution in [2.24, 2.45) is 0 Å². The first kappa shape index (κ1) is 16.7. The molecule has 2 aromatic carbocycles. The van der Waals surface area contributed by atoms with E-state index in [-0.39, 0.29) is 18.6 Å². The highest BCUT2D eigenvalue weighted by Gasteiger charge is 2.11. The summed E-state index contributed by atoms with van der Waals surface area (Å²) in [6, 6.07) is 12.7. The molecule has 3 nitrogen and oxygen atoms in total. The number of nitrogens with one attached hydrogen (secondary N) is 1. The maximum atomic E-state index is 11.9.